The zero-order chi connectivity index (χ0) is 49.1. The maximum absolute atomic E-state index is 14.4. The van der Waals surface area contributed by atoms with Crippen molar-refractivity contribution in [3.63, 3.8) is 0 Å². The summed E-state index contributed by atoms with van der Waals surface area (Å²) in [6.45, 7) is 13.0. The molecule has 6 aromatic rings. The van der Waals surface area contributed by atoms with Gasteiger partial charge in [-0.1, -0.05) is 80.7 Å². The van der Waals surface area contributed by atoms with E-state index in [9.17, 15) is 19.5 Å². The molecule has 5 aliphatic rings. The number of rotatable bonds is 11. The zero-order valence-corrected chi connectivity index (χ0v) is 43.7. The van der Waals surface area contributed by atoms with Crippen molar-refractivity contribution in [3.05, 3.63) is 121 Å². The van der Waals surface area contributed by atoms with Crippen LogP contribution in [0.4, 0.5) is 5.82 Å². The Bertz CT molecular complexity index is 3000. The van der Waals surface area contributed by atoms with E-state index in [1.807, 2.05) is 75.7 Å². The molecule has 4 aliphatic heterocycles. The lowest BCUT2D eigenvalue weighted by atomic mass is 9.69. The first-order valence-corrected chi connectivity index (χ1v) is 27.6. The van der Waals surface area contributed by atoms with Gasteiger partial charge in [0.1, 0.15) is 17.8 Å². The Morgan fingerprint density at radius 3 is 2.44 bits per heavy atom. The minimum Gasteiger partial charge on any atom is -0.391 e. The molecule has 3 saturated heterocycles. The van der Waals surface area contributed by atoms with Gasteiger partial charge < -0.3 is 29.6 Å². The highest BCUT2D eigenvalue weighted by Crippen LogP contribution is 2.52. The quantitative estimate of drug-likeness (QED) is 0.128. The molecule has 13 nitrogen and oxygen atoms in total. The summed E-state index contributed by atoms with van der Waals surface area (Å²) < 4.78 is 9.06. The van der Waals surface area contributed by atoms with E-state index in [2.05, 4.69) is 70.0 Å². The van der Waals surface area contributed by atoms with Crippen LogP contribution in [-0.4, -0.2) is 97.8 Å². The Morgan fingerprint density at radius 1 is 0.958 bits per heavy atom. The van der Waals surface area contributed by atoms with Crippen molar-refractivity contribution < 1.29 is 19.2 Å². The summed E-state index contributed by atoms with van der Waals surface area (Å²) in [6.07, 6.45) is 9.33. The molecule has 1 saturated carbocycles. The number of fused-ring (bicyclic) bond motifs is 7. The summed E-state index contributed by atoms with van der Waals surface area (Å²) in [4.78, 5) is 58.6. The van der Waals surface area contributed by atoms with Gasteiger partial charge in [0, 0.05) is 43.1 Å². The van der Waals surface area contributed by atoms with E-state index in [4.69, 9.17) is 9.51 Å². The van der Waals surface area contributed by atoms with E-state index < -0.39 is 18.1 Å². The smallest absolute Gasteiger partial charge is 0.281 e. The Hall–Kier alpha value is -5.22. The molecule has 0 radical (unpaired) electrons. The number of β-amino-alcohol motifs (C(OH)–C–C–N with tert-alkyl or cyclic N) is 1. The van der Waals surface area contributed by atoms with Gasteiger partial charge in [0.25, 0.3) is 5.56 Å². The number of halogens is 1. The van der Waals surface area contributed by atoms with Gasteiger partial charge in [-0.3, -0.25) is 19.0 Å². The average molecular weight is 1040 g/mol. The SMILES string of the molecule is Cc1ncsc1-c1ccc([C@@H](C)NC(=O)[C@@H]2C[C@@H](O)CN2C(=O)C(c2cc(N3CCC(CN4CCC(c5ccc6c(c5)C5(CCCCC5)c5nc(=O)c7c(Br)cccc7n5-6)CC4)CC3)no2)C(C)C)cc1. The molecule has 11 rings (SSSR count). The number of hydrogen-bond donors (Lipinski definition) is 2. The summed E-state index contributed by atoms with van der Waals surface area (Å²) in [5.74, 6) is 1.98. The number of nitrogens with zero attached hydrogens (tertiary/aromatic N) is 7. The third kappa shape index (κ3) is 8.96. The number of aryl methyl sites for hydroxylation is 1. The highest BCUT2D eigenvalue weighted by molar-refractivity contribution is 9.10. The van der Waals surface area contributed by atoms with Crippen molar-refractivity contribution in [2.45, 2.75) is 127 Å². The Morgan fingerprint density at radius 2 is 1.72 bits per heavy atom. The van der Waals surface area contributed by atoms with Crippen LogP contribution in [0.3, 0.4) is 0 Å². The van der Waals surface area contributed by atoms with Gasteiger partial charge >= 0.3 is 0 Å². The molecule has 0 bridgehead atoms. The van der Waals surface area contributed by atoms with Gasteiger partial charge in [-0.25, -0.2) is 4.98 Å². The van der Waals surface area contributed by atoms with Crippen molar-refractivity contribution in [3.8, 4) is 16.1 Å². The molecular formula is C56H65BrN8O5S. The van der Waals surface area contributed by atoms with Gasteiger partial charge in [-0.05, 0) is 140 Å². The van der Waals surface area contributed by atoms with E-state index >= 15 is 0 Å². The van der Waals surface area contributed by atoms with Crippen LogP contribution in [0, 0.1) is 18.8 Å². The summed E-state index contributed by atoms with van der Waals surface area (Å²) in [7, 11) is 0. The third-order valence-corrected chi connectivity index (χ3v) is 18.3. The Balaban J connectivity index is 0.692. The lowest BCUT2D eigenvalue weighted by molar-refractivity contribution is -0.141. The fourth-order valence-electron chi connectivity index (χ4n) is 12.8. The molecule has 1 spiro atoms. The van der Waals surface area contributed by atoms with Gasteiger partial charge in [0.15, 0.2) is 11.6 Å². The van der Waals surface area contributed by atoms with E-state index in [-0.39, 0.29) is 47.7 Å². The molecule has 372 valence electrons. The van der Waals surface area contributed by atoms with Crippen molar-refractivity contribution in [1.29, 1.82) is 0 Å². The van der Waals surface area contributed by atoms with Crippen LogP contribution in [0.2, 0.25) is 0 Å². The topological polar surface area (TPSA) is 150 Å². The second kappa shape index (κ2) is 19.7. The number of amides is 2. The number of aromatic nitrogens is 4. The molecule has 1 unspecified atom stereocenters. The number of carbonyl (C=O) groups is 2. The van der Waals surface area contributed by atoms with E-state index in [0.29, 0.717) is 23.0 Å². The first kappa shape index (κ1) is 48.1. The van der Waals surface area contributed by atoms with Crippen molar-refractivity contribution in [2.24, 2.45) is 11.8 Å². The summed E-state index contributed by atoms with van der Waals surface area (Å²) in [5, 5.41) is 19.1. The number of carbonyl (C=O) groups excluding carboxylic acids is 2. The maximum atomic E-state index is 14.4. The van der Waals surface area contributed by atoms with Gasteiger partial charge in [-0.2, -0.15) is 4.98 Å². The monoisotopic (exact) mass is 1040 g/mol. The average Bonchev–Trinajstić information content (AvgIpc) is 4.18. The summed E-state index contributed by atoms with van der Waals surface area (Å²) >= 11 is 5.25. The minimum absolute atomic E-state index is 0.0893. The fraction of sp³-hybridized carbons (Fsp3) is 0.500. The first-order chi connectivity index (χ1) is 34.4. The Kier molecular flexibility index (Phi) is 13.3. The molecule has 3 aromatic carbocycles. The standard InChI is InChI=1S/C56H65BrN8O5S/c1-33(2)49(54(69)64-31-41(66)28-46(64)52(67)59-34(3)37-11-13-39(14-12-37)51-35(4)58-32-71-51)47-29-48(61-70-47)63-25-17-36(18-26-63)30-62-23-19-38(20-24-62)40-15-16-44-42(27-40)56(21-6-5-7-22-56)55-60-53(68)50-43(57)9-8-10-45(50)65(44)55/h8-16,27,29,32-34,36,38,41,46,49,66H,5-7,17-26,28,30-31H2,1-4H3,(H,59,67)/t34-,41-,46+,49?/m1/s1. The van der Waals surface area contributed by atoms with Gasteiger partial charge in [-0.15, -0.1) is 11.3 Å². The number of anilines is 1. The number of benzene rings is 3. The molecule has 2 N–H and O–H groups in total. The largest absolute Gasteiger partial charge is 0.391 e. The van der Waals surface area contributed by atoms with E-state index in [0.717, 1.165) is 127 Å². The maximum Gasteiger partial charge on any atom is 0.281 e. The van der Waals surface area contributed by atoms with Crippen LogP contribution in [0.5, 0.6) is 0 Å². The van der Waals surface area contributed by atoms with Crippen LogP contribution in [0.25, 0.3) is 27.0 Å². The van der Waals surface area contributed by atoms with Crippen LogP contribution < -0.4 is 15.8 Å². The molecule has 4 fully saturated rings. The number of aliphatic hydroxyl groups excluding tert-OH is 1. The first-order valence-electron chi connectivity index (χ1n) is 26.0. The molecule has 15 heteroatoms. The van der Waals surface area contributed by atoms with Gasteiger partial charge in [0.2, 0.25) is 11.8 Å². The number of hydrogen-bond acceptors (Lipinski definition) is 11. The van der Waals surface area contributed by atoms with Crippen LogP contribution in [0.1, 0.15) is 137 Å². The van der Waals surface area contributed by atoms with E-state index in [1.165, 1.54) is 23.2 Å². The van der Waals surface area contributed by atoms with Crippen molar-refractivity contribution in [2.75, 3.05) is 44.2 Å². The predicted octanol–water partition coefficient (Wildman–Crippen LogP) is 9.81. The molecule has 4 atom stereocenters. The molecule has 2 amide bonds. The second-order valence-electron chi connectivity index (χ2n) is 21.5. The number of aliphatic hydroxyl groups is 1. The lowest BCUT2D eigenvalue weighted by Crippen LogP contribution is -2.48. The molecular weight excluding hydrogens is 977 g/mol. The lowest BCUT2D eigenvalue weighted by Gasteiger charge is -2.38. The Labute approximate surface area is 428 Å². The minimum atomic E-state index is -0.798. The van der Waals surface area contributed by atoms with Crippen LogP contribution in [0.15, 0.2) is 86.0 Å². The highest BCUT2D eigenvalue weighted by Gasteiger charge is 2.47. The molecule has 3 aromatic heterocycles. The van der Waals surface area contributed by atoms with Gasteiger partial charge in [0.05, 0.1) is 50.2 Å². The highest BCUT2D eigenvalue weighted by atomic mass is 79.9. The number of nitrogens with one attached hydrogen (secondary N) is 1. The zero-order valence-electron chi connectivity index (χ0n) is 41.3. The normalized spacial score (nSPS) is 21.5. The number of thiazole rings is 1. The van der Waals surface area contributed by atoms with Crippen molar-refractivity contribution >= 4 is 55.8 Å². The molecule has 71 heavy (non-hydrogen) atoms. The number of likely N-dealkylation sites (tertiary alicyclic amines) is 2. The molecule has 1 aliphatic carbocycles. The fourth-order valence-corrected chi connectivity index (χ4v) is 14.1. The summed E-state index contributed by atoms with van der Waals surface area (Å²) in [5.41, 5.74) is 9.42. The van der Waals surface area contributed by atoms with Crippen molar-refractivity contribution in [1.82, 2.24) is 34.8 Å². The molecule has 7 heterocycles. The summed E-state index contributed by atoms with van der Waals surface area (Å²) in [6, 6.07) is 22.1. The number of piperidine rings is 2. The predicted molar refractivity (Wildman–Crippen MR) is 281 cm³/mol. The second-order valence-corrected chi connectivity index (χ2v) is 23.2. The van der Waals surface area contributed by atoms with Crippen LogP contribution in [-0.2, 0) is 15.0 Å². The van der Waals surface area contributed by atoms with E-state index in [1.54, 1.807) is 16.2 Å². The van der Waals surface area contributed by atoms with Crippen LogP contribution >= 0.6 is 27.3 Å². The third-order valence-electron chi connectivity index (χ3n) is 16.7.